The highest BCUT2D eigenvalue weighted by Crippen LogP contribution is 2.40. The molecule has 1 aliphatic heterocycles. The van der Waals surface area contributed by atoms with Crippen LogP contribution < -0.4 is 14.2 Å². The molecule has 0 amide bonds. The zero-order chi connectivity index (χ0) is 16.2. The lowest BCUT2D eigenvalue weighted by molar-refractivity contribution is 0.159. The molecule has 2 aliphatic rings. The van der Waals surface area contributed by atoms with Crippen LogP contribution >= 0.6 is 0 Å². The van der Waals surface area contributed by atoms with E-state index in [1.807, 2.05) is 12.1 Å². The van der Waals surface area contributed by atoms with Crippen molar-refractivity contribution in [1.29, 1.82) is 10.7 Å². The number of allylic oxidation sites excluding steroid dienone is 3. The SMILES string of the molecule is COC(C#N)C1=CC=CC(=N)C1COc1cccc2c1OCO2. The minimum atomic E-state index is -0.699. The molecule has 2 atom stereocenters. The minimum Gasteiger partial charge on any atom is -0.489 e. The summed E-state index contributed by atoms with van der Waals surface area (Å²) < 4.78 is 21.7. The maximum absolute atomic E-state index is 9.21. The first-order chi connectivity index (χ1) is 11.2. The molecule has 1 aromatic rings. The zero-order valence-electron chi connectivity index (χ0n) is 12.6. The second kappa shape index (κ2) is 6.55. The van der Waals surface area contributed by atoms with E-state index < -0.39 is 6.10 Å². The van der Waals surface area contributed by atoms with E-state index in [-0.39, 0.29) is 19.3 Å². The van der Waals surface area contributed by atoms with Crippen LogP contribution in [0.4, 0.5) is 0 Å². The summed E-state index contributed by atoms with van der Waals surface area (Å²) in [6.45, 7) is 0.388. The van der Waals surface area contributed by atoms with Crippen LogP contribution in [0.1, 0.15) is 0 Å². The molecule has 0 bridgehead atoms. The average molecular weight is 312 g/mol. The van der Waals surface area contributed by atoms with Crippen molar-refractivity contribution in [2.45, 2.75) is 6.10 Å². The van der Waals surface area contributed by atoms with Gasteiger partial charge in [0, 0.05) is 12.8 Å². The van der Waals surface area contributed by atoms with Gasteiger partial charge in [0.15, 0.2) is 17.6 Å². The number of fused-ring (bicyclic) bond motifs is 1. The quantitative estimate of drug-likeness (QED) is 0.903. The third-order valence-electron chi connectivity index (χ3n) is 3.76. The average Bonchev–Trinajstić information content (AvgIpc) is 3.04. The number of benzene rings is 1. The Bertz CT molecular complexity index is 718. The van der Waals surface area contributed by atoms with Gasteiger partial charge < -0.3 is 24.4 Å². The van der Waals surface area contributed by atoms with Crippen molar-refractivity contribution in [3.8, 4) is 23.3 Å². The highest BCUT2D eigenvalue weighted by molar-refractivity contribution is 5.98. The molecule has 1 N–H and O–H groups in total. The Morgan fingerprint density at radius 2 is 2.30 bits per heavy atom. The monoisotopic (exact) mass is 312 g/mol. The van der Waals surface area contributed by atoms with Gasteiger partial charge in [-0.3, -0.25) is 0 Å². The third-order valence-corrected chi connectivity index (χ3v) is 3.76. The van der Waals surface area contributed by atoms with E-state index in [1.54, 1.807) is 24.3 Å². The number of nitrogens with zero attached hydrogens (tertiary/aromatic N) is 1. The highest BCUT2D eigenvalue weighted by Gasteiger charge is 2.28. The molecule has 2 unspecified atom stereocenters. The molecule has 23 heavy (non-hydrogen) atoms. The number of para-hydroxylation sites is 1. The van der Waals surface area contributed by atoms with Crippen molar-refractivity contribution >= 4 is 5.71 Å². The molecular formula is C17H16N2O4. The van der Waals surface area contributed by atoms with Gasteiger partial charge in [-0.1, -0.05) is 18.2 Å². The standard InChI is InChI=1S/C17H16N2O4/c1-20-16(8-18)11-4-2-5-13(19)12(11)9-21-14-6-3-7-15-17(14)23-10-22-15/h2-7,12,16,19H,9-10H2,1H3. The van der Waals surface area contributed by atoms with Crippen LogP contribution in [-0.4, -0.2) is 32.3 Å². The lowest BCUT2D eigenvalue weighted by Gasteiger charge is -2.25. The lowest BCUT2D eigenvalue weighted by Crippen LogP contribution is -2.30. The molecule has 1 aromatic carbocycles. The summed E-state index contributed by atoms with van der Waals surface area (Å²) in [7, 11) is 1.48. The van der Waals surface area contributed by atoms with E-state index in [4.69, 9.17) is 24.4 Å². The Hall–Kier alpha value is -2.78. The van der Waals surface area contributed by atoms with Gasteiger partial charge >= 0.3 is 0 Å². The molecule has 0 saturated heterocycles. The second-order valence-corrected chi connectivity index (χ2v) is 5.08. The van der Waals surface area contributed by atoms with Crippen molar-refractivity contribution in [2.75, 3.05) is 20.5 Å². The summed E-state index contributed by atoms with van der Waals surface area (Å²) in [4.78, 5) is 0. The van der Waals surface area contributed by atoms with E-state index in [2.05, 4.69) is 6.07 Å². The van der Waals surface area contributed by atoms with Crippen LogP contribution in [-0.2, 0) is 4.74 Å². The van der Waals surface area contributed by atoms with Gasteiger partial charge in [-0.15, -0.1) is 0 Å². The Morgan fingerprint density at radius 1 is 1.43 bits per heavy atom. The maximum Gasteiger partial charge on any atom is 0.231 e. The van der Waals surface area contributed by atoms with Crippen molar-refractivity contribution < 1.29 is 18.9 Å². The van der Waals surface area contributed by atoms with Gasteiger partial charge in [-0.05, 0) is 23.8 Å². The van der Waals surface area contributed by atoms with E-state index in [0.29, 0.717) is 28.5 Å². The van der Waals surface area contributed by atoms with Crippen molar-refractivity contribution in [3.63, 3.8) is 0 Å². The lowest BCUT2D eigenvalue weighted by atomic mass is 9.87. The minimum absolute atomic E-state index is 0.170. The predicted molar refractivity (Wildman–Crippen MR) is 82.9 cm³/mol. The fraction of sp³-hybridized carbons (Fsp3) is 0.294. The van der Waals surface area contributed by atoms with Crippen LogP contribution in [0.2, 0.25) is 0 Å². The van der Waals surface area contributed by atoms with Crippen LogP contribution in [0.3, 0.4) is 0 Å². The van der Waals surface area contributed by atoms with E-state index in [1.165, 1.54) is 7.11 Å². The normalized spacial score (nSPS) is 19.9. The van der Waals surface area contributed by atoms with E-state index in [0.717, 1.165) is 0 Å². The van der Waals surface area contributed by atoms with Crippen molar-refractivity contribution in [1.82, 2.24) is 0 Å². The van der Waals surface area contributed by atoms with Crippen molar-refractivity contribution in [3.05, 3.63) is 42.0 Å². The predicted octanol–water partition coefficient (Wildman–Crippen LogP) is 2.46. The van der Waals surface area contributed by atoms with Crippen LogP contribution in [0.25, 0.3) is 0 Å². The van der Waals surface area contributed by atoms with Gasteiger partial charge in [0.2, 0.25) is 12.5 Å². The second-order valence-electron chi connectivity index (χ2n) is 5.08. The summed E-state index contributed by atoms with van der Waals surface area (Å²) in [5, 5.41) is 17.3. The van der Waals surface area contributed by atoms with Crippen LogP contribution in [0.5, 0.6) is 17.2 Å². The molecule has 0 saturated carbocycles. The maximum atomic E-state index is 9.21. The summed E-state index contributed by atoms with van der Waals surface area (Å²) >= 11 is 0. The molecule has 1 aliphatic carbocycles. The van der Waals surface area contributed by atoms with Gasteiger partial charge in [0.1, 0.15) is 6.61 Å². The molecule has 0 spiro atoms. The topological polar surface area (TPSA) is 84.6 Å². The summed E-state index contributed by atoms with van der Waals surface area (Å²) in [6.07, 6.45) is 4.54. The Labute approximate surface area is 134 Å². The largest absolute Gasteiger partial charge is 0.489 e. The number of hydrogen-bond donors (Lipinski definition) is 1. The van der Waals surface area contributed by atoms with E-state index in [9.17, 15) is 5.26 Å². The van der Waals surface area contributed by atoms with E-state index >= 15 is 0 Å². The number of methoxy groups -OCH3 is 1. The molecule has 6 nitrogen and oxygen atoms in total. The first-order valence-corrected chi connectivity index (χ1v) is 7.15. The van der Waals surface area contributed by atoms with Crippen molar-refractivity contribution in [2.24, 2.45) is 5.92 Å². The van der Waals surface area contributed by atoms with Gasteiger partial charge in [-0.2, -0.15) is 5.26 Å². The Kier molecular flexibility index (Phi) is 4.31. The Balaban J connectivity index is 1.78. The van der Waals surface area contributed by atoms with Crippen LogP contribution in [0.15, 0.2) is 42.0 Å². The third kappa shape index (κ3) is 2.91. The molecule has 0 aromatic heterocycles. The first-order valence-electron chi connectivity index (χ1n) is 7.15. The molecule has 6 heteroatoms. The molecule has 0 fully saturated rings. The van der Waals surface area contributed by atoms with Gasteiger partial charge in [-0.25, -0.2) is 0 Å². The van der Waals surface area contributed by atoms with Gasteiger partial charge in [0.25, 0.3) is 0 Å². The number of nitriles is 1. The summed E-state index contributed by atoms with van der Waals surface area (Å²) in [6, 6.07) is 7.51. The highest BCUT2D eigenvalue weighted by atomic mass is 16.7. The number of nitrogens with one attached hydrogen (secondary N) is 1. The Morgan fingerprint density at radius 3 is 3.09 bits per heavy atom. The molecule has 0 radical (unpaired) electrons. The summed E-state index contributed by atoms with van der Waals surface area (Å²) in [5.74, 6) is 1.43. The smallest absolute Gasteiger partial charge is 0.231 e. The molecule has 1 heterocycles. The number of ether oxygens (including phenoxy) is 4. The number of rotatable bonds is 5. The fourth-order valence-corrected chi connectivity index (χ4v) is 2.58. The fourth-order valence-electron chi connectivity index (χ4n) is 2.58. The molecule has 3 rings (SSSR count). The zero-order valence-corrected chi connectivity index (χ0v) is 12.6. The number of hydrogen-bond acceptors (Lipinski definition) is 6. The molecular weight excluding hydrogens is 296 g/mol. The summed E-state index contributed by atoms with van der Waals surface area (Å²) in [5.41, 5.74) is 1.09. The van der Waals surface area contributed by atoms with Crippen LogP contribution in [0, 0.1) is 22.7 Å². The molecule has 118 valence electrons. The first kappa shape index (κ1) is 15.1. The van der Waals surface area contributed by atoms with Gasteiger partial charge in [0.05, 0.1) is 12.0 Å².